The van der Waals surface area contributed by atoms with E-state index in [4.69, 9.17) is 0 Å². The molecular formula is C17H26N2O. The summed E-state index contributed by atoms with van der Waals surface area (Å²) in [5.74, 6) is 1.23. The van der Waals surface area contributed by atoms with Crippen molar-refractivity contribution in [2.24, 2.45) is 5.92 Å². The fraction of sp³-hybridized carbons (Fsp3) is 0.647. The van der Waals surface area contributed by atoms with Crippen LogP contribution in [0.3, 0.4) is 0 Å². The summed E-state index contributed by atoms with van der Waals surface area (Å²) in [6.45, 7) is 4.40. The Labute approximate surface area is 122 Å². The molecule has 2 aliphatic rings. The first-order chi connectivity index (χ1) is 9.83. The monoisotopic (exact) mass is 274 g/mol. The minimum atomic E-state index is 0.359. The van der Waals surface area contributed by atoms with Gasteiger partial charge in [-0.2, -0.15) is 0 Å². The van der Waals surface area contributed by atoms with Crippen molar-refractivity contribution in [2.75, 3.05) is 19.6 Å². The molecule has 1 saturated heterocycles. The van der Waals surface area contributed by atoms with E-state index in [2.05, 4.69) is 22.3 Å². The predicted molar refractivity (Wildman–Crippen MR) is 81.7 cm³/mol. The highest BCUT2D eigenvalue weighted by atomic mass is 16.3. The zero-order valence-corrected chi connectivity index (χ0v) is 12.2. The molecule has 3 heteroatoms. The number of benzene rings is 1. The van der Waals surface area contributed by atoms with Crippen molar-refractivity contribution >= 4 is 0 Å². The van der Waals surface area contributed by atoms with E-state index in [0.717, 1.165) is 32.1 Å². The van der Waals surface area contributed by atoms with E-state index >= 15 is 0 Å². The zero-order valence-electron chi connectivity index (χ0n) is 12.2. The second-order valence-corrected chi connectivity index (χ2v) is 6.31. The minimum Gasteiger partial charge on any atom is -0.508 e. The quantitative estimate of drug-likeness (QED) is 0.889. The van der Waals surface area contributed by atoms with E-state index in [-0.39, 0.29) is 0 Å². The van der Waals surface area contributed by atoms with Gasteiger partial charge in [0.1, 0.15) is 5.75 Å². The van der Waals surface area contributed by atoms with Gasteiger partial charge in [-0.3, -0.25) is 4.90 Å². The highest BCUT2D eigenvalue weighted by Crippen LogP contribution is 2.30. The molecule has 0 aromatic heterocycles. The summed E-state index contributed by atoms with van der Waals surface area (Å²) in [5.41, 5.74) is 1.31. The lowest BCUT2D eigenvalue weighted by molar-refractivity contribution is 0.0860. The van der Waals surface area contributed by atoms with Crippen molar-refractivity contribution in [3.63, 3.8) is 0 Å². The Morgan fingerprint density at radius 3 is 2.60 bits per heavy atom. The smallest absolute Gasteiger partial charge is 0.115 e. The van der Waals surface area contributed by atoms with E-state index in [1.54, 1.807) is 12.1 Å². The topological polar surface area (TPSA) is 35.5 Å². The second-order valence-electron chi connectivity index (χ2n) is 6.31. The molecule has 3 nitrogen and oxygen atoms in total. The van der Waals surface area contributed by atoms with Crippen LogP contribution in [0.1, 0.15) is 37.7 Å². The van der Waals surface area contributed by atoms with Crippen LogP contribution in [0.25, 0.3) is 0 Å². The fourth-order valence-corrected chi connectivity index (χ4v) is 3.78. The Morgan fingerprint density at radius 1 is 1.10 bits per heavy atom. The summed E-state index contributed by atoms with van der Waals surface area (Å²) in [6, 6.07) is 8.39. The van der Waals surface area contributed by atoms with Crippen LogP contribution in [0.5, 0.6) is 5.75 Å². The van der Waals surface area contributed by atoms with E-state index in [9.17, 15) is 5.11 Å². The zero-order chi connectivity index (χ0) is 13.8. The second kappa shape index (κ2) is 6.59. The van der Waals surface area contributed by atoms with Crippen LogP contribution in [-0.4, -0.2) is 35.7 Å². The first kappa shape index (κ1) is 13.9. The molecule has 1 aromatic rings. The summed E-state index contributed by atoms with van der Waals surface area (Å²) in [7, 11) is 0. The Hall–Kier alpha value is -1.06. The molecule has 2 fully saturated rings. The van der Waals surface area contributed by atoms with Crippen LogP contribution >= 0.6 is 0 Å². The molecular weight excluding hydrogens is 248 g/mol. The maximum Gasteiger partial charge on any atom is 0.115 e. The molecule has 0 spiro atoms. The molecule has 0 bridgehead atoms. The van der Waals surface area contributed by atoms with Gasteiger partial charge in [0.25, 0.3) is 0 Å². The number of piperazine rings is 1. The first-order valence-corrected chi connectivity index (χ1v) is 8.05. The molecule has 1 aromatic carbocycles. The molecule has 1 atom stereocenters. The van der Waals surface area contributed by atoms with Gasteiger partial charge < -0.3 is 10.4 Å². The van der Waals surface area contributed by atoms with Crippen molar-refractivity contribution < 1.29 is 5.11 Å². The van der Waals surface area contributed by atoms with Gasteiger partial charge in [-0.05, 0) is 36.5 Å². The largest absolute Gasteiger partial charge is 0.508 e. The Morgan fingerprint density at radius 2 is 1.85 bits per heavy atom. The number of aromatic hydroxyl groups is 1. The number of hydrogen-bond donors (Lipinski definition) is 2. The van der Waals surface area contributed by atoms with Gasteiger partial charge in [-0.25, -0.2) is 0 Å². The van der Waals surface area contributed by atoms with Crippen molar-refractivity contribution in [3.05, 3.63) is 29.8 Å². The van der Waals surface area contributed by atoms with Crippen LogP contribution in [0.2, 0.25) is 0 Å². The van der Waals surface area contributed by atoms with Gasteiger partial charge in [0.15, 0.2) is 0 Å². The van der Waals surface area contributed by atoms with Crippen LogP contribution in [0.15, 0.2) is 24.3 Å². The number of phenolic OH excluding ortho intramolecular Hbond substituents is 1. The number of hydrogen-bond acceptors (Lipinski definition) is 3. The van der Waals surface area contributed by atoms with E-state index in [1.165, 1.54) is 37.7 Å². The standard InChI is InChI=1S/C17H26N2O/c20-16-8-6-14(7-9-16)13-19-11-10-18-12-17(19)15-4-2-1-3-5-15/h6-9,15,17-18,20H,1-5,10-13H2. The number of phenols is 1. The van der Waals surface area contributed by atoms with Crippen molar-refractivity contribution in [2.45, 2.75) is 44.7 Å². The van der Waals surface area contributed by atoms with Gasteiger partial charge >= 0.3 is 0 Å². The van der Waals surface area contributed by atoms with Gasteiger partial charge in [0.05, 0.1) is 0 Å². The predicted octanol–water partition coefficient (Wildman–Crippen LogP) is 2.75. The maximum atomic E-state index is 9.39. The first-order valence-electron chi connectivity index (χ1n) is 8.05. The van der Waals surface area contributed by atoms with Crippen molar-refractivity contribution in [1.82, 2.24) is 10.2 Å². The maximum absolute atomic E-state index is 9.39. The fourth-order valence-electron chi connectivity index (χ4n) is 3.78. The number of rotatable bonds is 3. The van der Waals surface area contributed by atoms with Crippen LogP contribution in [-0.2, 0) is 6.54 Å². The molecule has 0 amide bonds. The van der Waals surface area contributed by atoms with Crippen LogP contribution in [0, 0.1) is 5.92 Å². The normalized spacial score (nSPS) is 25.7. The van der Waals surface area contributed by atoms with E-state index in [0.29, 0.717) is 11.8 Å². The Bertz CT molecular complexity index is 412. The minimum absolute atomic E-state index is 0.359. The van der Waals surface area contributed by atoms with Gasteiger partial charge in [0, 0.05) is 32.2 Å². The number of nitrogens with zero attached hydrogens (tertiary/aromatic N) is 1. The molecule has 2 N–H and O–H groups in total. The molecule has 0 radical (unpaired) electrons. The lowest BCUT2D eigenvalue weighted by atomic mass is 9.82. The number of nitrogens with one attached hydrogen (secondary N) is 1. The van der Waals surface area contributed by atoms with E-state index < -0.39 is 0 Å². The third-order valence-corrected chi connectivity index (χ3v) is 4.91. The Balaban J connectivity index is 1.66. The summed E-state index contributed by atoms with van der Waals surface area (Å²) in [5, 5.41) is 13.0. The highest BCUT2D eigenvalue weighted by Gasteiger charge is 2.30. The molecule has 1 unspecified atom stereocenters. The highest BCUT2D eigenvalue weighted by molar-refractivity contribution is 5.25. The van der Waals surface area contributed by atoms with Gasteiger partial charge in [0.2, 0.25) is 0 Å². The molecule has 1 heterocycles. The van der Waals surface area contributed by atoms with Crippen LogP contribution in [0.4, 0.5) is 0 Å². The van der Waals surface area contributed by atoms with Gasteiger partial charge in [-0.15, -0.1) is 0 Å². The lowest BCUT2D eigenvalue weighted by Crippen LogP contribution is -2.54. The average molecular weight is 274 g/mol. The molecule has 3 rings (SSSR count). The molecule has 1 aliphatic heterocycles. The average Bonchev–Trinajstić information content (AvgIpc) is 2.51. The third kappa shape index (κ3) is 3.33. The lowest BCUT2D eigenvalue weighted by Gasteiger charge is -2.42. The van der Waals surface area contributed by atoms with Gasteiger partial charge in [-0.1, -0.05) is 31.4 Å². The van der Waals surface area contributed by atoms with E-state index in [1.807, 2.05) is 0 Å². The van der Waals surface area contributed by atoms with Crippen molar-refractivity contribution in [3.8, 4) is 5.75 Å². The third-order valence-electron chi connectivity index (χ3n) is 4.91. The SMILES string of the molecule is Oc1ccc(CN2CCNCC2C2CCCCC2)cc1. The molecule has 1 saturated carbocycles. The molecule has 1 aliphatic carbocycles. The Kier molecular flexibility index (Phi) is 4.58. The summed E-state index contributed by atoms with van der Waals surface area (Å²) >= 11 is 0. The molecule has 110 valence electrons. The molecule has 20 heavy (non-hydrogen) atoms. The summed E-state index contributed by atoms with van der Waals surface area (Å²) in [4.78, 5) is 2.65. The van der Waals surface area contributed by atoms with Crippen LogP contribution < -0.4 is 5.32 Å². The summed E-state index contributed by atoms with van der Waals surface area (Å²) in [6.07, 6.45) is 7.05. The summed E-state index contributed by atoms with van der Waals surface area (Å²) < 4.78 is 0. The van der Waals surface area contributed by atoms with Crippen molar-refractivity contribution in [1.29, 1.82) is 0 Å².